The van der Waals surface area contributed by atoms with E-state index in [4.69, 9.17) is 0 Å². The van der Waals surface area contributed by atoms with Gasteiger partial charge in [0.05, 0.1) is 22.7 Å². The Hall–Kier alpha value is -5.22. The maximum atomic E-state index is 4.45. The molecule has 0 N–H and O–H groups in total. The molecule has 0 saturated heterocycles. The Bertz CT molecular complexity index is 2210. The van der Waals surface area contributed by atoms with Crippen molar-refractivity contribution in [2.75, 3.05) is 0 Å². The lowest BCUT2D eigenvalue weighted by Gasteiger charge is -2.24. The van der Waals surface area contributed by atoms with Crippen molar-refractivity contribution in [1.82, 2.24) is 18.7 Å². The number of nitrogens with zero attached hydrogens (tertiary/aromatic N) is 4. The number of aromatic nitrogens is 3. The predicted molar refractivity (Wildman–Crippen MR) is 162 cm³/mol. The maximum Gasteiger partial charge on any atom is 0.236 e. The lowest BCUT2D eigenvalue weighted by atomic mass is 10.0. The van der Waals surface area contributed by atoms with Gasteiger partial charge in [-0.1, -0.05) is 66.8 Å². The summed E-state index contributed by atoms with van der Waals surface area (Å²) in [6, 6.07) is 35.2. The number of rotatable bonds is 2. The fourth-order valence-electron chi connectivity index (χ4n) is 6.73. The molecule has 0 bridgehead atoms. The van der Waals surface area contributed by atoms with Gasteiger partial charge in [-0.2, -0.15) is 4.58 Å². The van der Waals surface area contributed by atoms with E-state index >= 15 is 0 Å². The summed E-state index contributed by atoms with van der Waals surface area (Å²) in [6.45, 7) is 0. The Morgan fingerprint density at radius 3 is 2.41 bits per heavy atom. The predicted octanol–water partition coefficient (Wildman–Crippen LogP) is 8.24. The zero-order valence-electron chi connectivity index (χ0n) is 21.1. The first-order valence-electron chi connectivity index (χ1n) is 13.4. The molecule has 0 spiro atoms. The molecule has 1 unspecified atom stereocenters. The molecule has 7 aromatic rings. The summed E-state index contributed by atoms with van der Waals surface area (Å²) in [6.07, 6.45) is 12.6. The van der Waals surface area contributed by atoms with Crippen LogP contribution in [-0.2, 0) is 0 Å². The summed E-state index contributed by atoms with van der Waals surface area (Å²) in [5.74, 6) is 0. The van der Waals surface area contributed by atoms with Gasteiger partial charge in [0.15, 0.2) is 0 Å². The van der Waals surface area contributed by atoms with E-state index < -0.39 is 0 Å². The van der Waals surface area contributed by atoms with Crippen LogP contribution < -0.4 is 4.58 Å². The molecule has 2 aliphatic rings. The zero-order chi connectivity index (χ0) is 25.5. The summed E-state index contributed by atoms with van der Waals surface area (Å²) in [5, 5.41) is 5.11. The fraction of sp³-hybridized carbons (Fsp3) is 0.0286. The Balaban J connectivity index is 1.46. The van der Waals surface area contributed by atoms with Gasteiger partial charge in [-0.15, -0.1) is 0 Å². The standard InChI is InChI=1S/C35H23N4/c1-2-10-23(11-3-1)37-29-15-5-4-13-25(29)27-20-28-26-14-8-18-32-35(26)39(34(28)21-33(27)37)31-17-7-6-16-30(31)38(32)24-12-9-19-36-22-24/h1-22,31H/q+1. The minimum Gasteiger partial charge on any atom is -0.318 e. The van der Waals surface area contributed by atoms with Crippen LogP contribution in [0.2, 0.25) is 0 Å². The van der Waals surface area contributed by atoms with Crippen molar-refractivity contribution in [3.05, 3.63) is 134 Å². The Morgan fingerprint density at radius 1 is 0.667 bits per heavy atom. The second-order valence-electron chi connectivity index (χ2n) is 10.3. The Labute approximate surface area is 224 Å². The third kappa shape index (κ3) is 2.72. The smallest absolute Gasteiger partial charge is 0.236 e. The summed E-state index contributed by atoms with van der Waals surface area (Å²) >= 11 is 0. The number of para-hydroxylation sites is 3. The molecule has 4 heteroatoms. The maximum absolute atomic E-state index is 4.45. The van der Waals surface area contributed by atoms with Gasteiger partial charge < -0.3 is 9.13 Å². The second-order valence-corrected chi connectivity index (χ2v) is 10.3. The number of hydrogen-bond donors (Lipinski definition) is 0. The molecule has 0 amide bonds. The molecule has 0 fully saturated rings. The Morgan fingerprint density at radius 2 is 1.51 bits per heavy atom. The number of benzene rings is 4. The Kier molecular flexibility index (Phi) is 4.08. The third-order valence-corrected chi connectivity index (χ3v) is 8.27. The van der Waals surface area contributed by atoms with E-state index in [1.54, 1.807) is 0 Å². The van der Waals surface area contributed by atoms with Crippen LogP contribution in [0.15, 0.2) is 134 Å². The SMILES string of the molecule is C1=CC2=[N+](c3cccnc3)c3cccc4c5cc6c7ccccc7n(-c7ccccc7)c6cc5n(c34)C2C=C1. The van der Waals surface area contributed by atoms with E-state index in [0.29, 0.717) is 0 Å². The van der Waals surface area contributed by atoms with Gasteiger partial charge in [-0.25, -0.2) is 0 Å². The second kappa shape index (κ2) is 7.65. The summed E-state index contributed by atoms with van der Waals surface area (Å²) in [7, 11) is 0. The monoisotopic (exact) mass is 499 g/mol. The summed E-state index contributed by atoms with van der Waals surface area (Å²) < 4.78 is 7.31. The lowest BCUT2D eigenvalue weighted by molar-refractivity contribution is 0.780. The van der Waals surface area contributed by atoms with Crippen LogP contribution in [0, 0.1) is 0 Å². The van der Waals surface area contributed by atoms with Crippen LogP contribution >= 0.6 is 0 Å². The van der Waals surface area contributed by atoms with Crippen LogP contribution in [-0.4, -0.2) is 19.8 Å². The lowest BCUT2D eigenvalue weighted by Crippen LogP contribution is -2.30. The van der Waals surface area contributed by atoms with Crippen LogP contribution in [0.3, 0.4) is 0 Å². The van der Waals surface area contributed by atoms with Gasteiger partial charge >= 0.3 is 0 Å². The highest BCUT2D eigenvalue weighted by Gasteiger charge is 2.37. The molecule has 182 valence electrons. The van der Waals surface area contributed by atoms with Gasteiger partial charge in [0.2, 0.25) is 17.1 Å². The van der Waals surface area contributed by atoms with Crippen molar-refractivity contribution < 1.29 is 0 Å². The van der Waals surface area contributed by atoms with E-state index in [2.05, 4.69) is 134 Å². The van der Waals surface area contributed by atoms with Gasteiger partial charge in [-0.3, -0.25) is 4.98 Å². The molecular weight excluding hydrogens is 476 g/mol. The largest absolute Gasteiger partial charge is 0.318 e. The van der Waals surface area contributed by atoms with Crippen molar-refractivity contribution in [1.29, 1.82) is 0 Å². The van der Waals surface area contributed by atoms with E-state index in [-0.39, 0.29) is 6.04 Å². The van der Waals surface area contributed by atoms with Gasteiger partial charge in [0.25, 0.3) is 0 Å². The molecule has 39 heavy (non-hydrogen) atoms. The first-order valence-corrected chi connectivity index (χ1v) is 13.4. The molecule has 0 radical (unpaired) electrons. The highest BCUT2D eigenvalue weighted by atomic mass is 15.2. The van der Waals surface area contributed by atoms with Crippen LogP contribution in [0.4, 0.5) is 11.4 Å². The minimum absolute atomic E-state index is 0.0807. The average Bonchev–Trinajstić information content (AvgIpc) is 3.50. The molecule has 3 aromatic heterocycles. The molecule has 1 atom stereocenters. The fourth-order valence-corrected chi connectivity index (χ4v) is 6.73. The average molecular weight is 500 g/mol. The molecule has 4 aromatic carbocycles. The van der Waals surface area contributed by atoms with E-state index in [1.807, 2.05) is 18.5 Å². The van der Waals surface area contributed by atoms with E-state index in [9.17, 15) is 0 Å². The van der Waals surface area contributed by atoms with Crippen LogP contribution in [0.25, 0.3) is 49.3 Å². The van der Waals surface area contributed by atoms with Crippen molar-refractivity contribution >= 4 is 60.7 Å². The highest BCUT2D eigenvalue weighted by molar-refractivity contribution is 6.22. The van der Waals surface area contributed by atoms with Crippen molar-refractivity contribution in [2.24, 2.45) is 0 Å². The third-order valence-electron chi connectivity index (χ3n) is 8.27. The van der Waals surface area contributed by atoms with Gasteiger partial charge in [0.1, 0.15) is 11.6 Å². The van der Waals surface area contributed by atoms with Crippen LogP contribution in [0.1, 0.15) is 6.04 Å². The van der Waals surface area contributed by atoms with Gasteiger partial charge in [0, 0.05) is 51.6 Å². The first kappa shape index (κ1) is 20.8. The highest BCUT2D eigenvalue weighted by Crippen LogP contribution is 2.45. The number of pyridine rings is 1. The number of fused-ring (bicyclic) bond motifs is 8. The van der Waals surface area contributed by atoms with Crippen molar-refractivity contribution in [2.45, 2.75) is 6.04 Å². The molecule has 1 aliphatic heterocycles. The number of hydrogen-bond acceptors (Lipinski definition) is 1. The zero-order valence-corrected chi connectivity index (χ0v) is 21.1. The van der Waals surface area contributed by atoms with E-state index in [1.165, 1.54) is 60.7 Å². The number of allylic oxidation sites excluding steroid dienone is 4. The van der Waals surface area contributed by atoms with E-state index in [0.717, 1.165) is 5.69 Å². The molecule has 4 heterocycles. The quantitative estimate of drug-likeness (QED) is 0.220. The van der Waals surface area contributed by atoms with Gasteiger partial charge in [-0.05, 0) is 36.4 Å². The molecule has 4 nitrogen and oxygen atoms in total. The molecule has 0 saturated carbocycles. The normalized spacial score (nSPS) is 16.2. The minimum atomic E-state index is 0.0807. The molecule has 9 rings (SSSR count). The topological polar surface area (TPSA) is 25.8 Å². The molecular formula is C35H23N4+. The summed E-state index contributed by atoms with van der Waals surface area (Å²) in [4.78, 5) is 4.45. The van der Waals surface area contributed by atoms with Crippen molar-refractivity contribution in [3.8, 4) is 5.69 Å². The van der Waals surface area contributed by atoms with Crippen molar-refractivity contribution in [3.63, 3.8) is 0 Å². The van der Waals surface area contributed by atoms with Crippen LogP contribution in [0.5, 0.6) is 0 Å². The molecule has 1 aliphatic carbocycles. The summed E-state index contributed by atoms with van der Waals surface area (Å²) in [5.41, 5.74) is 9.62. The first-order chi connectivity index (χ1) is 19.4.